The third-order valence-corrected chi connectivity index (χ3v) is 3.74. The van der Waals surface area contributed by atoms with E-state index < -0.39 is 0 Å². The van der Waals surface area contributed by atoms with Crippen LogP contribution in [-0.2, 0) is 18.3 Å². The van der Waals surface area contributed by atoms with Crippen molar-refractivity contribution < 1.29 is 4.74 Å². The Morgan fingerprint density at radius 2 is 2.18 bits per heavy atom. The number of aryl methyl sites for hydroxylation is 1. The summed E-state index contributed by atoms with van der Waals surface area (Å²) < 4.78 is 7.41. The number of likely N-dealkylation sites (tertiary alicyclic amines) is 1. The van der Waals surface area contributed by atoms with E-state index >= 15 is 0 Å². The van der Waals surface area contributed by atoms with Crippen LogP contribution in [0.4, 0.5) is 0 Å². The minimum absolute atomic E-state index is 0.0918. The molecule has 2 heterocycles. The van der Waals surface area contributed by atoms with Crippen LogP contribution in [0, 0.1) is 0 Å². The van der Waals surface area contributed by atoms with Gasteiger partial charge in [-0.2, -0.15) is 5.10 Å². The second kappa shape index (κ2) is 5.16. The molecular formula is C12H22N4O. The Labute approximate surface area is 103 Å². The van der Waals surface area contributed by atoms with Gasteiger partial charge in [-0.1, -0.05) is 0 Å². The molecule has 1 saturated heterocycles. The highest BCUT2D eigenvalue weighted by Gasteiger charge is 2.33. The van der Waals surface area contributed by atoms with Crippen LogP contribution in [0.25, 0.3) is 0 Å². The second-order valence-corrected chi connectivity index (χ2v) is 4.89. The van der Waals surface area contributed by atoms with Crippen molar-refractivity contribution >= 4 is 0 Å². The molecule has 5 nitrogen and oxygen atoms in total. The minimum atomic E-state index is -0.0918. The van der Waals surface area contributed by atoms with Crippen molar-refractivity contribution in [3.63, 3.8) is 0 Å². The summed E-state index contributed by atoms with van der Waals surface area (Å²) in [5, 5.41) is 4.19. The van der Waals surface area contributed by atoms with Gasteiger partial charge in [-0.3, -0.25) is 9.58 Å². The van der Waals surface area contributed by atoms with Gasteiger partial charge in [0.1, 0.15) is 0 Å². The van der Waals surface area contributed by atoms with Gasteiger partial charge in [0.25, 0.3) is 0 Å². The number of hydrogen-bond acceptors (Lipinski definition) is 4. The number of nitrogens with zero attached hydrogens (tertiary/aromatic N) is 3. The van der Waals surface area contributed by atoms with E-state index in [0.29, 0.717) is 6.54 Å². The van der Waals surface area contributed by atoms with Gasteiger partial charge in [0, 0.05) is 52.1 Å². The van der Waals surface area contributed by atoms with Gasteiger partial charge in [-0.05, 0) is 12.8 Å². The Bertz CT molecular complexity index is 349. The lowest BCUT2D eigenvalue weighted by molar-refractivity contribution is -0.0511. The summed E-state index contributed by atoms with van der Waals surface area (Å²) >= 11 is 0. The number of ether oxygens (including phenoxy) is 1. The monoisotopic (exact) mass is 238 g/mol. The number of piperidine rings is 1. The maximum Gasteiger partial charge on any atom is 0.0824 e. The molecule has 2 N–H and O–H groups in total. The van der Waals surface area contributed by atoms with Crippen molar-refractivity contribution in [1.82, 2.24) is 14.7 Å². The molecule has 0 bridgehead atoms. The third kappa shape index (κ3) is 2.86. The summed E-state index contributed by atoms with van der Waals surface area (Å²) in [6.07, 6.45) is 6.03. The van der Waals surface area contributed by atoms with Crippen molar-refractivity contribution in [2.45, 2.75) is 25.0 Å². The highest BCUT2D eigenvalue weighted by molar-refractivity contribution is 5.04. The fourth-order valence-corrected chi connectivity index (χ4v) is 2.42. The zero-order chi connectivity index (χ0) is 12.3. The quantitative estimate of drug-likeness (QED) is 0.823. The van der Waals surface area contributed by atoms with Crippen molar-refractivity contribution in [1.29, 1.82) is 0 Å². The SMILES string of the molecule is COC1(CN)CCN(Cc2cnn(C)c2)CC1. The topological polar surface area (TPSA) is 56.3 Å². The van der Waals surface area contributed by atoms with Crippen molar-refractivity contribution in [3.8, 4) is 0 Å². The fraction of sp³-hybridized carbons (Fsp3) is 0.750. The lowest BCUT2D eigenvalue weighted by atomic mass is 9.91. The summed E-state index contributed by atoms with van der Waals surface area (Å²) in [7, 11) is 3.72. The minimum Gasteiger partial charge on any atom is -0.377 e. The molecule has 1 aromatic heterocycles. The first-order valence-corrected chi connectivity index (χ1v) is 6.12. The van der Waals surface area contributed by atoms with Crippen LogP contribution < -0.4 is 5.73 Å². The lowest BCUT2D eigenvalue weighted by Crippen LogP contribution is -2.49. The molecule has 0 atom stereocenters. The first kappa shape index (κ1) is 12.5. The molecule has 1 fully saturated rings. The average Bonchev–Trinajstić information content (AvgIpc) is 2.76. The van der Waals surface area contributed by atoms with Crippen LogP contribution >= 0.6 is 0 Å². The number of hydrogen-bond donors (Lipinski definition) is 1. The molecular weight excluding hydrogens is 216 g/mol. The molecule has 1 aromatic rings. The van der Waals surface area contributed by atoms with E-state index in [-0.39, 0.29) is 5.60 Å². The molecule has 0 spiro atoms. The molecule has 0 aliphatic carbocycles. The number of methoxy groups -OCH3 is 1. The smallest absolute Gasteiger partial charge is 0.0824 e. The Kier molecular flexibility index (Phi) is 3.81. The van der Waals surface area contributed by atoms with Crippen LogP contribution in [0.1, 0.15) is 18.4 Å². The van der Waals surface area contributed by atoms with E-state index in [0.717, 1.165) is 32.5 Å². The van der Waals surface area contributed by atoms with Crippen LogP contribution in [-0.4, -0.2) is 47.0 Å². The molecule has 1 aliphatic rings. The first-order valence-electron chi connectivity index (χ1n) is 6.12. The molecule has 2 rings (SSSR count). The number of aromatic nitrogens is 2. The van der Waals surface area contributed by atoms with Gasteiger partial charge >= 0.3 is 0 Å². The number of nitrogens with two attached hydrogens (primary N) is 1. The maximum atomic E-state index is 5.79. The first-order chi connectivity index (χ1) is 8.17. The predicted molar refractivity (Wildman–Crippen MR) is 66.5 cm³/mol. The molecule has 0 amide bonds. The van der Waals surface area contributed by atoms with Gasteiger partial charge in [0.15, 0.2) is 0 Å². The van der Waals surface area contributed by atoms with Crippen LogP contribution in [0.2, 0.25) is 0 Å². The zero-order valence-electron chi connectivity index (χ0n) is 10.7. The molecule has 17 heavy (non-hydrogen) atoms. The summed E-state index contributed by atoms with van der Waals surface area (Å²) in [4.78, 5) is 2.43. The van der Waals surface area contributed by atoms with Crippen LogP contribution in [0.15, 0.2) is 12.4 Å². The van der Waals surface area contributed by atoms with Crippen LogP contribution in [0.5, 0.6) is 0 Å². The molecule has 0 unspecified atom stereocenters. The summed E-state index contributed by atoms with van der Waals surface area (Å²) in [6.45, 7) is 3.67. The lowest BCUT2D eigenvalue weighted by Gasteiger charge is -2.40. The number of rotatable bonds is 4. The largest absolute Gasteiger partial charge is 0.377 e. The maximum absolute atomic E-state index is 5.79. The fourth-order valence-electron chi connectivity index (χ4n) is 2.42. The standard InChI is InChI=1S/C12H22N4O/c1-15-8-11(7-14-15)9-16-5-3-12(10-13,17-2)4-6-16/h7-8H,3-6,9-10,13H2,1-2H3. The van der Waals surface area contributed by atoms with E-state index in [1.807, 2.05) is 17.9 Å². The van der Waals surface area contributed by atoms with E-state index in [2.05, 4.69) is 16.2 Å². The molecule has 1 aliphatic heterocycles. The van der Waals surface area contributed by atoms with Gasteiger partial charge in [-0.25, -0.2) is 0 Å². The Balaban J connectivity index is 1.87. The summed E-state index contributed by atoms with van der Waals surface area (Å²) in [6, 6.07) is 0. The molecule has 0 radical (unpaired) electrons. The Morgan fingerprint density at radius 1 is 1.47 bits per heavy atom. The molecule has 0 aromatic carbocycles. The third-order valence-electron chi connectivity index (χ3n) is 3.74. The van der Waals surface area contributed by atoms with Gasteiger partial charge in [0.2, 0.25) is 0 Å². The van der Waals surface area contributed by atoms with Gasteiger partial charge in [-0.15, -0.1) is 0 Å². The summed E-state index contributed by atoms with van der Waals surface area (Å²) in [5.74, 6) is 0. The normalized spacial score (nSPS) is 20.6. The van der Waals surface area contributed by atoms with Gasteiger partial charge in [0.05, 0.1) is 11.8 Å². The Morgan fingerprint density at radius 3 is 2.65 bits per heavy atom. The predicted octanol–water partition coefficient (Wildman–Crippen LogP) is 0.360. The van der Waals surface area contributed by atoms with Crippen molar-refractivity contribution in [3.05, 3.63) is 18.0 Å². The second-order valence-electron chi connectivity index (χ2n) is 4.89. The van der Waals surface area contributed by atoms with Crippen LogP contribution in [0.3, 0.4) is 0 Å². The highest BCUT2D eigenvalue weighted by atomic mass is 16.5. The van der Waals surface area contributed by atoms with E-state index in [4.69, 9.17) is 10.5 Å². The highest BCUT2D eigenvalue weighted by Crippen LogP contribution is 2.25. The van der Waals surface area contributed by atoms with E-state index in [1.165, 1.54) is 5.56 Å². The average molecular weight is 238 g/mol. The molecule has 5 heteroatoms. The Hall–Kier alpha value is -0.910. The van der Waals surface area contributed by atoms with Gasteiger partial charge < -0.3 is 10.5 Å². The van der Waals surface area contributed by atoms with E-state index in [9.17, 15) is 0 Å². The molecule has 0 saturated carbocycles. The van der Waals surface area contributed by atoms with Crippen molar-refractivity contribution in [2.75, 3.05) is 26.7 Å². The van der Waals surface area contributed by atoms with Crippen molar-refractivity contribution in [2.24, 2.45) is 12.8 Å². The molecule has 96 valence electrons. The zero-order valence-corrected chi connectivity index (χ0v) is 10.7. The summed E-state index contributed by atoms with van der Waals surface area (Å²) in [5.41, 5.74) is 6.97. The van der Waals surface area contributed by atoms with E-state index in [1.54, 1.807) is 7.11 Å².